The van der Waals surface area contributed by atoms with Crippen molar-refractivity contribution in [3.8, 4) is 0 Å². The summed E-state index contributed by atoms with van der Waals surface area (Å²) in [7, 11) is 0. The summed E-state index contributed by atoms with van der Waals surface area (Å²) in [6.45, 7) is 10.9. The largest absolute Gasteiger partial charge is 0.371 e. The van der Waals surface area contributed by atoms with Gasteiger partial charge in [-0.2, -0.15) is 0 Å². The first-order valence-electron chi connectivity index (χ1n) is 13.4. The van der Waals surface area contributed by atoms with Crippen LogP contribution in [0.15, 0.2) is 54.7 Å². The van der Waals surface area contributed by atoms with E-state index in [1.54, 1.807) is 0 Å². The zero-order valence-electron chi connectivity index (χ0n) is 20.9. The van der Waals surface area contributed by atoms with Crippen molar-refractivity contribution in [2.24, 2.45) is 11.8 Å². The van der Waals surface area contributed by atoms with E-state index in [0.29, 0.717) is 18.4 Å². The van der Waals surface area contributed by atoms with Gasteiger partial charge in [-0.15, -0.1) is 0 Å². The highest BCUT2D eigenvalue weighted by Crippen LogP contribution is 2.23. The minimum atomic E-state index is 0.188. The van der Waals surface area contributed by atoms with Crippen LogP contribution in [0.4, 0.5) is 11.5 Å². The molecular weight excluding hydrogens is 436 g/mol. The van der Waals surface area contributed by atoms with Gasteiger partial charge in [-0.05, 0) is 61.9 Å². The third-order valence-corrected chi connectivity index (χ3v) is 7.83. The van der Waals surface area contributed by atoms with Gasteiger partial charge in [0.25, 0.3) is 0 Å². The van der Waals surface area contributed by atoms with E-state index in [1.807, 2.05) is 12.3 Å². The Labute approximate surface area is 210 Å². The summed E-state index contributed by atoms with van der Waals surface area (Å²) >= 11 is 0. The smallest absolute Gasteiger partial charge is 0.234 e. The number of piperazine rings is 1. The normalized spacial score (nSPS) is 24.0. The molecule has 3 saturated heterocycles. The topological polar surface area (TPSA) is 55.0 Å². The number of amides is 1. The van der Waals surface area contributed by atoms with E-state index in [4.69, 9.17) is 0 Å². The Morgan fingerprint density at radius 1 is 0.829 bits per heavy atom. The number of hydrogen-bond acceptors (Lipinski definition) is 6. The molecule has 0 radical (unpaired) electrons. The van der Waals surface area contributed by atoms with Crippen molar-refractivity contribution in [1.82, 2.24) is 20.1 Å². The molecule has 2 aromatic rings. The average Bonchev–Trinajstić information content (AvgIpc) is 3.39. The van der Waals surface area contributed by atoms with Crippen LogP contribution >= 0.6 is 0 Å². The second-order valence-corrected chi connectivity index (χ2v) is 10.5. The van der Waals surface area contributed by atoms with Gasteiger partial charge in [0.1, 0.15) is 5.82 Å². The molecule has 7 heteroatoms. The van der Waals surface area contributed by atoms with E-state index in [1.165, 1.54) is 18.5 Å². The highest BCUT2D eigenvalue weighted by molar-refractivity contribution is 5.78. The van der Waals surface area contributed by atoms with Crippen molar-refractivity contribution in [2.75, 3.05) is 81.8 Å². The average molecular weight is 477 g/mol. The van der Waals surface area contributed by atoms with Crippen molar-refractivity contribution >= 4 is 17.4 Å². The molecule has 5 rings (SSSR count). The predicted molar refractivity (Wildman–Crippen MR) is 142 cm³/mol. The lowest BCUT2D eigenvalue weighted by Gasteiger charge is -2.39. The van der Waals surface area contributed by atoms with Gasteiger partial charge in [-0.3, -0.25) is 14.6 Å². The number of carbonyl (C=O) groups excluding carboxylic acids is 1. The van der Waals surface area contributed by atoms with Gasteiger partial charge in [0, 0.05) is 70.8 Å². The Hall–Kier alpha value is -2.64. The third kappa shape index (κ3) is 6.73. The van der Waals surface area contributed by atoms with Crippen molar-refractivity contribution in [3.63, 3.8) is 0 Å². The van der Waals surface area contributed by atoms with Crippen LogP contribution in [0.25, 0.3) is 0 Å². The van der Waals surface area contributed by atoms with Crippen LogP contribution in [0.2, 0.25) is 0 Å². The van der Waals surface area contributed by atoms with Gasteiger partial charge in [0.15, 0.2) is 0 Å². The molecular formula is C28H40N6O. The summed E-state index contributed by atoms with van der Waals surface area (Å²) < 4.78 is 0. The van der Waals surface area contributed by atoms with Crippen LogP contribution < -0.4 is 15.1 Å². The second-order valence-electron chi connectivity index (χ2n) is 10.5. The maximum absolute atomic E-state index is 12.7. The van der Waals surface area contributed by atoms with Crippen LogP contribution in [0, 0.1) is 11.8 Å². The summed E-state index contributed by atoms with van der Waals surface area (Å²) in [5, 5.41) is 3.23. The Bertz CT molecular complexity index is 918. The summed E-state index contributed by atoms with van der Waals surface area (Å²) in [6, 6.07) is 16.7. The molecule has 0 saturated carbocycles. The molecule has 1 aromatic heterocycles. The predicted octanol–water partition coefficient (Wildman–Crippen LogP) is 2.56. The molecule has 0 bridgehead atoms. The fourth-order valence-electron chi connectivity index (χ4n) is 5.90. The lowest BCUT2D eigenvalue weighted by Crippen LogP contribution is -2.50. The van der Waals surface area contributed by atoms with Crippen LogP contribution in [0.3, 0.4) is 0 Å². The Morgan fingerprint density at radius 3 is 2.46 bits per heavy atom. The molecule has 0 aliphatic carbocycles. The zero-order valence-corrected chi connectivity index (χ0v) is 20.9. The minimum absolute atomic E-state index is 0.188. The Balaban J connectivity index is 0.997. The number of nitrogens with zero attached hydrogens (tertiary/aromatic N) is 5. The fourth-order valence-corrected chi connectivity index (χ4v) is 5.90. The molecule has 3 aliphatic heterocycles. The van der Waals surface area contributed by atoms with Gasteiger partial charge in [-0.25, -0.2) is 4.98 Å². The highest BCUT2D eigenvalue weighted by Gasteiger charge is 2.27. The molecule has 0 spiro atoms. The SMILES string of the molecule is O=C(CN1CCCC(CN2CCN(c3ccccn3)CC2)C1)NCC1CCN(c2ccccc2)C1. The van der Waals surface area contributed by atoms with Crippen molar-refractivity contribution in [1.29, 1.82) is 0 Å². The van der Waals surface area contributed by atoms with Gasteiger partial charge in [0.05, 0.1) is 6.54 Å². The maximum Gasteiger partial charge on any atom is 0.234 e. The van der Waals surface area contributed by atoms with Crippen LogP contribution in [0.1, 0.15) is 19.3 Å². The quantitative estimate of drug-likeness (QED) is 0.632. The number of hydrogen-bond donors (Lipinski definition) is 1. The molecule has 1 amide bonds. The van der Waals surface area contributed by atoms with Gasteiger partial charge < -0.3 is 15.1 Å². The van der Waals surface area contributed by atoms with Gasteiger partial charge >= 0.3 is 0 Å². The third-order valence-electron chi connectivity index (χ3n) is 7.83. The van der Waals surface area contributed by atoms with Crippen LogP contribution in [0.5, 0.6) is 0 Å². The van der Waals surface area contributed by atoms with E-state index in [2.05, 4.69) is 72.4 Å². The van der Waals surface area contributed by atoms with Gasteiger partial charge in [-0.1, -0.05) is 24.3 Å². The van der Waals surface area contributed by atoms with Crippen molar-refractivity contribution in [3.05, 3.63) is 54.7 Å². The van der Waals surface area contributed by atoms with E-state index < -0.39 is 0 Å². The molecule has 4 heterocycles. The standard InChI is InChI=1S/C28H40N6O/c35-28(30-19-24-11-14-34(22-24)26-8-2-1-3-9-26)23-32-13-6-7-25(21-32)20-31-15-17-33(18-16-31)27-10-4-5-12-29-27/h1-5,8-10,12,24-25H,6-7,11,13-23H2,(H,30,35). The fraction of sp³-hybridized carbons (Fsp3) is 0.571. The summed E-state index contributed by atoms with van der Waals surface area (Å²) in [4.78, 5) is 27.0. The summed E-state index contributed by atoms with van der Waals surface area (Å²) in [5.41, 5.74) is 1.29. The number of rotatable bonds is 8. The maximum atomic E-state index is 12.7. The minimum Gasteiger partial charge on any atom is -0.371 e. The van der Waals surface area contributed by atoms with Crippen molar-refractivity contribution < 1.29 is 4.79 Å². The first-order valence-corrected chi connectivity index (χ1v) is 13.4. The number of nitrogens with one attached hydrogen (secondary N) is 1. The number of piperidine rings is 1. The number of benzene rings is 1. The van der Waals surface area contributed by atoms with E-state index in [0.717, 1.165) is 77.7 Å². The number of para-hydroxylation sites is 1. The molecule has 188 valence electrons. The first-order chi connectivity index (χ1) is 17.2. The van der Waals surface area contributed by atoms with Crippen LogP contribution in [-0.4, -0.2) is 92.7 Å². The molecule has 3 aliphatic rings. The van der Waals surface area contributed by atoms with E-state index >= 15 is 0 Å². The molecule has 1 aromatic carbocycles. The lowest BCUT2D eigenvalue weighted by atomic mass is 9.97. The number of carbonyl (C=O) groups is 1. The number of anilines is 2. The number of pyridine rings is 1. The molecule has 2 unspecified atom stereocenters. The monoisotopic (exact) mass is 476 g/mol. The van der Waals surface area contributed by atoms with Crippen molar-refractivity contribution in [2.45, 2.75) is 19.3 Å². The summed E-state index contributed by atoms with van der Waals surface area (Å²) in [5.74, 6) is 2.48. The first kappa shape index (κ1) is 24.1. The molecule has 35 heavy (non-hydrogen) atoms. The van der Waals surface area contributed by atoms with Crippen LogP contribution in [-0.2, 0) is 4.79 Å². The van der Waals surface area contributed by atoms with Gasteiger partial charge in [0.2, 0.25) is 5.91 Å². The molecule has 2 atom stereocenters. The number of likely N-dealkylation sites (tertiary alicyclic amines) is 1. The molecule has 7 nitrogen and oxygen atoms in total. The second kappa shape index (κ2) is 11.9. The lowest BCUT2D eigenvalue weighted by molar-refractivity contribution is -0.122. The summed E-state index contributed by atoms with van der Waals surface area (Å²) in [6.07, 6.45) is 5.49. The Morgan fingerprint density at radius 2 is 1.66 bits per heavy atom. The van der Waals surface area contributed by atoms with E-state index in [-0.39, 0.29) is 5.91 Å². The molecule has 1 N–H and O–H groups in total. The molecule has 3 fully saturated rings. The number of aromatic nitrogens is 1. The zero-order chi connectivity index (χ0) is 23.9. The highest BCUT2D eigenvalue weighted by atomic mass is 16.2. The van der Waals surface area contributed by atoms with E-state index in [9.17, 15) is 4.79 Å². The Kier molecular flexibility index (Phi) is 8.16.